The first-order valence-corrected chi connectivity index (χ1v) is 8.60. The summed E-state index contributed by atoms with van der Waals surface area (Å²) in [7, 11) is 2.18. The van der Waals surface area contributed by atoms with Crippen molar-refractivity contribution in [3.05, 3.63) is 17.0 Å². The largest absolute Gasteiger partial charge is 0.481 e. The van der Waals surface area contributed by atoms with E-state index in [4.69, 9.17) is 5.10 Å². The Balaban J connectivity index is 1.93. The highest BCUT2D eigenvalue weighted by molar-refractivity contribution is 5.68. The van der Waals surface area contributed by atoms with Crippen molar-refractivity contribution >= 4 is 5.97 Å². The molecule has 1 unspecified atom stereocenters. The number of rotatable bonds is 4. The summed E-state index contributed by atoms with van der Waals surface area (Å²) in [5.74, 6) is -0.525. The lowest BCUT2D eigenvalue weighted by molar-refractivity contribution is -0.137. The Bertz CT molecular complexity index is 544. The number of nitrogens with zero attached hydrogens (tertiary/aromatic N) is 3. The molecule has 1 fully saturated rings. The van der Waals surface area contributed by atoms with Gasteiger partial charge in [-0.1, -0.05) is 6.92 Å². The number of aryl methyl sites for hydroxylation is 1. The molecule has 5 heteroatoms. The van der Waals surface area contributed by atoms with Crippen LogP contribution in [-0.2, 0) is 17.6 Å². The molecule has 5 nitrogen and oxygen atoms in total. The molecule has 2 aliphatic rings. The smallest absolute Gasteiger partial charge is 0.303 e. The molecule has 1 aromatic rings. The first-order chi connectivity index (χ1) is 10.6. The molecular weight excluding hydrogens is 278 g/mol. The van der Waals surface area contributed by atoms with Gasteiger partial charge in [0.2, 0.25) is 0 Å². The molecule has 1 aliphatic carbocycles. The van der Waals surface area contributed by atoms with E-state index in [1.54, 1.807) is 0 Å². The van der Waals surface area contributed by atoms with Gasteiger partial charge >= 0.3 is 5.97 Å². The van der Waals surface area contributed by atoms with Gasteiger partial charge in [-0.05, 0) is 64.6 Å². The van der Waals surface area contributed by atoms with Crippen molar-refractivity contribution in [2.75, 3.05) is 20.1 Å². The van der Waals surface area contributed by atoms with Crippen LogP contribution in [0.15, 0.2) is 0 Å². The number of carboxylic acid groups (broad SMARTS) is 1. The van der Waals surface area contributed by atoms with Gasteiger partial charge in [0.05, 0.1) is 18.2 Å². The highest BCUT2D eigenvalue weighted by atomic mass is 16.4. The van der Waals surface area contributed by atoms with E-state index in [1.807, 2.05) is 0 Å². The molecule has 22 heavy (non-hydrogen) atoms. The lowest BCUT2D eigenvalue weighted by atomic mass is 9.82. The van der Waals surface area contributed by atoms with Crippen LogP contribution >= 0.6 is 0 Å². The van der Waals surface area contributed by atoms with Crippen molar-refractivity contribution in [2.24, 2.45) is 0 Å². The van der Waals surface area contributed by atoms with E-state index in [0.717, 1.165) is 57.3 Å². The summed E-state index contributed by atoms with van der Waals surface area (Å²) in [6.07, 6.45) is 6.59. The number of hydrogen-bond donors (Lipinski definition) is 1. The van der Waals surface area contributed by atoms with Gasteiger partial charge in [0.15, 0.2) is 0 Å². The average molecular weight is 305 g/mol. The molecule has 1 aromatic heterocycles. The predicted octanol–water partition coefficient (Wildman–Crippen LogP) is 2.61. The molecular formula is C17H27N3O2. The van der Waals surface area contributed by atoms with Gasteiger partial charge < -0.3 is 10.0 Å². The fourth-order valence-electron chi connectivity index (χ4n) is 4.13. The lowest BCUT2D eigenvalue weighted by Gasteiger charge is -2.31. The molecule has 3 rings (SSSR count). The fraction of sp³-hybridized carbons (Fsp3) is 0.765. The SMILES string of the molecule is CCc1nn(C2CCN(C)CC2)c2c1C(CC(=O)O)CCC2. The minimum atomic E-state index is -0.688. The summed E-state index contributed by atoms with van der Waals surface area (Å²) in [5, 5.41) is 14.1. The van der Waals surface area contributed by atoms with Crippen molar-refractivity contribution in [1.82, 2.24) is 14.7 Å². The number of aliphatic carboxylic acids is 1. The van der Waals surface area contributed by atoms with Crippen molar-refractivity contribution in [2.45, 2.75) is 63.8 Å². The summed E-state index contributed by atoms with van der Waals surface area (Å²) in [6, 6.07) is 0.494. The van der Waals surface area contributed by atoms with Crippen LogP contribution < -0.4 is 0 Å². The Kier molecular flexibility index (Phi) is 4.52. The number of aromatic nitrogens is 2. The monoisotopic (exact) mass is 305 g/mol. The molecule has 1 saturated heterocycles. The first-order valence-electron chi connectivity index (χ1n) is 8.60. The highest BCUT2D eigenvalue weighted by Crippen LogP contribution is 2.38. The summed E-state index contributed by atoms with van der Waals surface area (Å²) in [6.45, 7) is 4.38. The van der Waals surface area contributed by atoms with Crippen LogP contribution in [0.3, 0.4) is 0 Å². The Morgan fingerprint density at radius 2 is 2.05 bits per heavy atom. The minimum Gasteiger partial charge on any atom is -0.481 e. The third-order valence-corrected chi connectivity index (χ3v) is 5.29. The van der Waals surface area contributed by atoms with Crippen molar-refractivity contribution in [1.29, 1.82) is 0 Å². The maximum Gasteiger partial charge on any atom is 0.303 e. The van der Waals surface area contributed by atoms with E-state index < -0.39 is 5.97 Å². The van der Waals surface area contributed by atoms with Crippen molar-refractivity contribution in [3.8, 4) is 0 Å². The maximum atomic E-state index is 11.2. The number of carboxylic acids is 1. The van der Waals surface area contributed by atoms with Crippen LogP contribution in [0.25, 0.3) is 0 Å². The van der Waals surface area contributed by atoms with Gasteiger partial charge in [-0.3, -0.25) is 9.48 Å². The second kappa shape index (κ2) is 6.41. The summed E-state index contributed by atoms with van der Waals surface area (Å²) < 4.78 is 2.27. The van der Waals surface area contributed by atoms with Crippen molar-refractivity contribution in [3.63, 3.8) is 0 Å². The average Bonchev–Trinajstić information content (AvgIpc) is 2.87. The third-order valence-electron chi connectivity index (χ3n) is 5.29. The van der Waals surface area contributed by atoms with E-state index in [9.17, 15) is 9.90 Å². The van der Waals surface area contributed by atoms with Crippen LogP contribution in [0.4, 0.5) is 0 Å². The zero-order valence-electron chi connectivity index (χ0n) is 13.7. The van der Waals surface area contributed by atoms with E-state index in [0.29, 0.717) is 6.04 Å². The molecule has 0 aromatic carbocycles. The van der Waals surface area contributed by atoms with Crippen LogP contribution in [0.5, 0.6) is 0 Å². The van der Waals surface area contributed by atoms with E-state index >= 15 is 0 Å². The molecule has 0 spiro atoms. The number of piperidine rings is 1. The van der Waals surface area contributed by atoms with Gasteiger partial charge in [-0.2, -0.15) is 5.10 Å². The van der Waals surface area contributed by atoms with Gasteiger partial charge in [0.1, 0.15) is 0 Å². The van der Waals surface area contributed by atoms with Gasteiger partial charge in [0, 0.05) is 11.3 Å². The first kappa shape index (κ1) is 15.5. The number of hydrogen-bond acceptors (Lipinski definition) is 3. The van der Waals surface area contributed by atoms with Crippen LogP contribution in [0.1, 0.15) is 67.9 Å². The van der Waals surface area contributed by atoms with E-state index in [-0.39, 0.29) is 12.3 Å². The molecule has 1 N–H and O–H groups in total. The standard InChI is InChI=1S/C17H27N3O2/c1-3-14-17-12(11-16(21)22)5-4-6-15(17)20(18-14)13-7-9-19(2)10-8-13/h12-13H,3-11H2,1-2H3,(H,21,22). The highest BCUT2D eigenvalue weighted by Gasteiger charge is 2.32. The predicted molar refractivity (Wildman–Crippen MR) is 85.3 cm³/mol. The summed E-state index contributed by atoms with van der Waals surface area (Å²) in [5.41, 5.74) is 3.75. The molecule has 2 heterocycles. The summed E-state index contributed by atoms with van der Waals surface area (Å²) in [4.78, 5) is 13.6. The molecule has 0 bridgehead atoms. The lowest BCUT2D eigenvalue weighted by Crippen LogP contribution is -2.32. The quantitative estimate of drug-likeness (QED) is 0.929. The summed E-state index contributed by atoms with van der Waals surface area (Å²) >= 11 is 0. The molecule has 1 aliphatic heterocycles. The van der Waals surface area contributed by atoms with Crippen LogP contribution in [0.2, 0.25) is 0 Å². The Morgan fingerprint density at radius 3 is 2.68 bits per heavy atom. The van der Waals surface area contributed by atoms with Gasteiger partial charge in [-0.15, -0.1) is 0 Å². The Labute approximate surface area is 132 Å². The normalized spacial score (nSPS) is 23.5. The van der Waals surface area contributed by atoms with Crippen LogP contribution in [-0.4, -0.2) is 45.9 Å². The van der Waals surface area contributed by atoms with E-state index in [2.05, 4.69) is 23.6 Å². The van der Waals surface area contributed by atoms with Crippen LogP contribution in [0, 0.1) is 0 Å². The maximum absolute atomic E-state index is 11.2. The Morgan fingerprint density at radius 1 is 1.32 bits per heavy atom. The molecule has 0 radical (unpaired) electrons. The fourth-order valence-corrected chi connectivity index (χ4v) is 4.13. The van der Waals surface area contributed by atoms with Gasteiger partial charge in [0.25, 0.3) is 0 Å². The van der Waals surface area contributed by atoms with E-state index in [1.165, 1.54) is 11.3 Å². The second-order valence-corrected chi connectivity index (χ2v) is 6.83. The number of carbonyl (C=O) groups is 1. The molecule has 0 saturated carbocycles. The van der Waals surface area contributed by atoms with Gasteiger partial charge in [-0.25, -0.2) is 0 Å². The zero-order valence-corrected chi connectivity index (χ0v) is 13.7. The molecule has 0 amide bonds. The topological polar surface area (TPSA) is 58.4 Å². The third kappa shape index (κ3) is 2.91. The minimum absolute atomic E-state index is 0.163. The Hall–Kier alpha value is -1.36. The number of likely N-dealkylation sites (tertiary alicyclic amines) is 1. The zero-order chi connectivity index (χ0) is 15.7. The second-order valence-electron chi connectivity index (χ2n) is 6.83. The van der Waals surface area contributed by atoms with Crippen molar-refractivity contribution < 1.29 is 9.90 Å². The number of fused-ring (bicyclic) bond motifs is 1. The molecule has 122 valence electrons. The molecule has 1 atom stereocenters.